The summed E-state index contributed by atoms with van der Waals surface area (Å²) in [5.41, 5.74) is 2.03. The van der Waals surface area contributed by atoms with Crippen LogP contribution in [0, 0.1) is 6.92 Å². The van der Waals surface area contributed by atoms with E-state index in [1.807, 2.05) is 38.1 Å². The van der Waals surface area contributed by atoms with E-state index < -0.39 is 0 Å². The smallest absolute Gasteiger partial charge is 0.315 e. The minimum Gasteiger partial charge on any atom is -0.334 e. The van der Waals surface area contributed by atoms with Crippen molar-refractivity contribution in [3.8, 4) is 0 Å². The highest BCUT2D eigenvalue weighted by atomic mass is 16.2. The van der Waals surface area contributed by atoms with Crippen molar-refractivity contribution in [3.05, 3.63) is 29.8 Å². The molecule has 2 atom stereocenters. The first kappa shape index (κ1) is 16.3. The van der Waals surface area contributed by atoms with E-state index in [9.17, 15) is 9.59 Å². The third-order valence-corrected chi connectivity index (χ3v) is 4.03. The fourth-order valence-electron chi connectivity index (χ4n) is 2.65. The van der Waals surface area contributed by atoms with Crippen molar-refractivity contribution >= 4 is 17.6 Å². The van der Waals surface area contributed by atoms with E-state index in [-0.39, 0.29) is 24.0 Å². The summed E-state index contributed by atoms with van der Waals surface area (Å²) in [4.78, 5) is 23.0. The van der Waals surface area contributed by atoms with E-state index in [0.717, 1.165) is 31.4 Å². The molecule has 22 heavy (non-hydrogen) atoms. The number of amides is 3. The van der Waals surface area contributed by atoms with E-state index in [1.165, 1.54) is 5.56 Å². The number of carbonyl (C=O) groups excluding carboxylic acids is 2. The first-order chi connectivity index (χ1) is 10.5. The molecule has 0 saturated carbocycles. The summed E-state index contributed by atoms with van der Waals surface area (Å²) >= 11 is 0. The normalized spacial score (nSPS) is 20.4. The van der Waals surface area contributed by atoms with Gasteiger partial charge in [0.25, 0.3) is 0 Å². The van der Waals surface area contributed by atoms with Gasteiger partial charge in [-0.3, -0.25) is 4.79 Å². The molecule has 5 nitrogen and oxygen atoms in total. The van der Waals surface area contributed by atoms with E-state index in [0.29, 0.717) is 6.42 Å². The Labute approximate surface area is 131 Å². The van der Waals surface area contributed by atoms with Gasteiger partial charge < -0.3 is 16.0 Å². The van der Waals surface area contributed by atoms with Crippen molar-refractivity contribution in [1.82, 2.24) is 10.6 Å². The number of carbonyl (C=O) groups is 2. The summed E-state index contributed by atoms with van der Waals surface area (Å²) in [7, 11) is 0. The third-order valence-electron chi connectivity index (χ3n) is 4.03. The number of rotatable bonds is 7. The second kappa shape index (κ2) is 7.82. The Balaban J connectivity index is 1.57. The number of hydrogen-bond donors (Lipinski definition) is 3. The van der Waals surface area contributed by atoms with Crippen LogP contribution in [0.2, 0.25) is 0 Å². The maximum Gasteiger partial charge on any atom is 0.315 e. The first-order valence-corrected chi connectivity index (χ1v) is 7.98. The third kappa shape index (κ3) is 5.06. The second-order valence-corrected chi connectivity index (χ2v) is 6.03. The van der Waals surface area contributed by atoms with Gasteiger partial charge in [0.15, 0.2) is 0 Å². The molecule has 0 unspecified atom stereocenters. The monoisotopic (exact) mass is 303 g/mol. The molecule has 0 bridgehead atoms. The standard InChI is InChI=1S/C17H25N3O2/c1-12-8-10-14(11-9-12)19-16(21)7-5-3-4-6-15-13(2)18-17(22)20-15/h8-11,13,15H,3-7H2,1-2H3,(H,19,21)(H2,18,20,22)/t13-,15+/m0/s1. The molecule has 0 aromatic heterocycles. The van der Waals surface area contributed by atoms with Gasteiger partial charge in [0.2, 0.25) is 5.91 Å². The SMILES string of the molecule is Cc1ccc(NC(=O)CCCCC[C@H]2NC(=O)N[C@H]2C)cc1. The maximum absolute atomic E-state index is 11.8. The number of benzene rings is 1. The largest absolute Gasteiger partial charge is 0.334 e. The average molecular weight is 303 g/mol. The van der Waals surface area contributed by atoms with Crippen molar-refractivity contribution in [2.75, 3.05) is 5.32 Å². The molecule has 3 N–H and O–H groups in total. The van der Waals surface area contributed by atoms with Crippen molar-refractivity contribution in [2.45, 2.75) is 58.0 Å². The summed E-state index contributed by atoms with van der Waals surface area (Å²) in [5, 5.41) is 8.66. The van der Waals surface area contributed by atoms with Gasteiger partial charge in [-0.2, -0.15) is 0 Å². The highest BCUT2D eigenvalue weighted by molar-refractivity contribution is 5.90. The minimum atomic E-state index is -0.0741. The Morgan fingerprint density at radius 3 is 2.50 bits per heavy atom. The van der Waals surface area contributed by atoms with Gasteiger partial charge in [-0.15, -0.1) is 0 Å². The summed E-state index contributed by atoms with van der Waals surface area (Å²) in [5.74, 6) is 0.0630. The maximum atomic E-state index is 11.8. The van der Waals surface area contributed by atoms with Crippen LogP contribution in [0.1, 0.15) is 44.6 Å². The summed E-state index contributed by atoms with van der Waals surface area (Å²) in [6, 6.07) is 8.15. The Kier molecular flexibility index (Phi) is 5.81. The topological polar surface area (TPSA) is 70.2 Å². The Morgan fingerprint density at radius 1 is 1.14 bits per heavy atom. The highest BCUT2D eigenvalue weighted by Crippen LogP contribution is 2.13. The molecule has 1 aromatic rings. The average Bonchev–Trinajstić information content (AvgIpc) is 2.79. The molecule has 120 valence electrons. The molecule has 1 aromatic carbocycles. The van der Waals surface area contributed by atoms with Gasteiger partial charge in [-0.05, 0) is 38.8 Å². The molecule has 0 spiro atoms. The van der Waals surface area contributed by atoms with Crippen molar-refractivity contribution in [3.63, 3.8) is 0 Å². The molecule has 1 saturated heterocycles. The highest BCUT2D eigenvalue weighted by Gasteiger charge is 2.26. The number of anilines is 1. The zero-order valence-corrected chi connectivity index (χ0v) is 13.3. The van der Waals surface area contributed by atoms with Gasteiger partial charge in [0.05, 0.1) is 6.04 Å². The van der Waals surface area contributed by atoms with Crippen molar-refractivity contribution in [2.24, 2.45) is 0 Å². The zero-order valence-electron chi connectivity index (χ0n) is 13.3. The fraction of sp³-hybridized carbons (Fsp3) is 0.529. The first-order valence-electron chi connectivity index (χ1n) is 7.98. The number of nitrogens with one attached hydrogen (secondary N) is 3. The van der Waals surface area contributed by atoms with Crippen LogP contribution < -0.4 is 16.0 Å². The van der Waals surface area contributed by atoms with Gasteiger partial charge in [0, 0.05) is 18.2 Å². The molecule has 3 amide bonds. The van der Waals surface area contributed by atoms with Crippen LogP contribution in [0.4, 0.5) is 10.5 Å². The van der Waals surface area contributed by atoms with Crippen LogP contribution in [-0.2, 0) is 4.79 Å². The molecule has 1 heterocycles. The predicted molar refractivity (Wildman–Crippen MR) is 87.8 cm³/mol. The van der Waals surface area contributed by atoms with E-state index in [4.69, 9.17) is 0 Å². The molecule has 2 rings (SSSR count). The van der Waals surface area contributed by atoms with Crippen LogP contribution in [0.5, 0.6) is 0 Å². The van der Waals surface area contributed by atoms with Crippen molar-refractivity contribution < 1.29 is 9.59 Å². The number of urea groups is 1. The van der Waals surface area contributed by atoms with E-state index >= 15 is 0 Å². The lowest BCUT2D eigenvalue weighted by atomic mass is 10.0. The molecule has 1 aliphatic rings. The molecular formula is C17H25N3O2. The fourth-order valence-corrected chi connectivity index (χ4v) is 2.65. The minimum absolute atomic E-state index is 0.0630. The molecule has 1 aliphatic heterocycles. The molecular weight excluding hydrogens is 278 g/mol. The van der Waals surface area contributed by atoms with Crippen molar-refractivity contribution in [1.29, 1.82) is 0 Å². The molecule has 0 radical (unpaired) electrons. The van der Waals surface area contributed by atoms with Gasteiger partial charge in [-0.25, -0.2) is 4.79 Å². The quantitative estimate of drug-likeness (QED) is 0.678. The van der Waals surface area contributed by atoms with Gasteiger partial charge in [-0.1, -0.05) is 30.5 Å². The Hall–Kier alpha value is -2.04. The van der Waals surface area contributed by atoms with E-state index in [1.54, 1.807) is 0 Å². The summed E-state index contributed by atoms with van der Waals surface area (Å²) in [6.45, 7) is 4.03. The number of unbranched alkanes of at least 4 members (excludes halogenated alkanes) is 2. The molecule has 0 aliphatic carbocycles. The Bertz CT molecular complexity index is 513. The van der Waals surface area contributed by atoms with E-state index in [2.05, 4.69) is 16.0 Å². The van der Waals surface area contributed by atoms with Gasteiger partial charge in [0.1, 0.15) is 0 Å². The molecule has 1 fully saturated rings. The van der Waals surface area contributed by atoms with Crippen LogP contribution in [0.25, 0.3) is 0 Å². The summed E-state index contributed by atoms with van der Waals surface area (Å²) in [6.07, 6.45) is 4.40. The number of aryl methyl sites for hydroxylation is 1. The predicted octanol–water partition coefficient (Wildman–Crippen LogP) is 2.95. The Morgan fingerprint density at radius 2 is 1.86 bits per heavy atom. The zero-order chi connectivity index (χ0) is 15.9. The summed E-state index contributed by atoms with van der Waals surface area (Å²) < 4.78 is 0. The van der Waals surface area contributed by atoms with Gasteiger partial charge >= 0.3 is 6.03 Å². The lowest BCUT2D eigenvalue weighted by Crippen LogP contribution is -2.30. The lowest BCUT2D eigenvalue weighted by molar-refractivity contribution is -0.116. The van der Waals surface area contributed by atoms with Crippen LogP contribution in [-0.4, -0.2) is 24.0 Å². The van der Waals surface area contributed by atoms with Crippen LogP contribution in [0.15, 0.2) is 24.3 Å². The number of hydrogen-bond acceptors (Lipinski definition) is 2. The second-order valence-electron chi connectivity index (χ2n) is 6.03. The molecule has 5 heteroatoms. The van der Waals surface area contributed by atoms with Crippen LogP contribution in [0.3, 0.4) is 0 Å². The lowest BCUT2D eigenvalue weighted by Gasteiger charge is -2.13. The van der Waals surface area contributed by atoms with Crippen LogP contribution >= 0.6 is 0 Å².